The minimum Gasteiger partial charge on any atom is -0.458 e. The Morgan fingerprint density at radius 3 is 1.84 bits per heavy atom. The van der Waals surface area contributed by atoms with Gasteiger partial charge in [0.1, 0.15) is 18.8 Å². The van der Waals surface area contributed by atoms with Crippen molar-refractivity contribution < 1.29 is 67.9 Å². The Balaban J connectivity index is 0.813. The fraction of sp³-hybridized carbons (Fsp3) is 0.907. The Kier molecular flexibility index (Phi) is 12.0. The summed E-state index contributed by atoms with van der Waals surface area (Å²) < 4.78 is 47.7. The number of aliphatic hydroxyl groups is 4. The quantitative estimate of drug-likeness (QED) is 0.206. The minimum atomic E-state index is -0.980. The molecule has 21 unspecified atom stereocenters. The Morgan fingerprint density at radius 1 is 0.719 bits per heavy atom. The predicted molar refractivity (Wildman–Crippen MR) is 201 cm³/mol. The molecule has 4 heterocycles. The molecule has 0 radical (unpaired) electrons. The van der Waals surface area contributed by atoms with Crippen molar-refractivity contribution in [2.45, 2.75) is 198 Å². The van der Waals surface area contributed by atoms with E-state index in [-0.39, 0.29) is 48.1 Å². The highest BCUT2D eigenvalue weighted by molar-refractivity contribution is 5.85. The lowest BCUT2D eigenvalue weighted by atomic mass is 9.44. The van der Waals surface area contributed by atoms with Crippen LogP contribution in [0.25, 0.3) is 0 Å². The van der Waals surface area contributed by atoms with E-state index in [0.717, 1.165) is 56.9 Å². The molecule has 0 spiro atoms. The van der Waals surface area contributed by atoms with Crippen molar-refractivity contribution >= 4 is 11.9 Å². The molecule has 14 nitrogen and oxygen atoms in total. The average Bonchev–Trinajstić information content (AvgIpc) is 3.73. The number of rotatable bonds is 8. The molecule has 0 amide bonds. The van der Waals surface area contributed by atoms with E-state index in [2.05, 4.69) is 13.8 Å². The number of hydrogen-bond donors (Lipinski definition) is 4. The highest BCUT2D eigenvalue weighted by Crippen LogP contribution is 2.68. The second-order valence-electron chi connectivity index (χ2n) is 19.3. The van der Waals surface area contributed by atoms with Crippen molar-refractivity contribution in [2.24, 2.45) is 40.4 Å². The van der Waals surface area contributed by atoms with Crippen LogP contribution < -0.4 is 0 Å². The Morgan fingerprint density at radius 2 is 1.30 bits per heavy atom. The van der Waals surface area contributed by atoms with Crippen LogP contribution in [-0.2, 0) is 47.5 Å². The van der Waals surface area contributed by atoms with Gasteiger partial charge in [-0.2, -0.15) is 0 Å². The van der Waals surface area contributed by atoms with E-state index >= 15 is 0 Å². The molecule has 21 atom stereocenters. The highest BCUT2D eigenvalue weighted by Gasteiger charge is 2.64. The van der Waals surface area contributed by atoms with Gasteiger partial charge in [-0.25, -0.2) is 4.79 Å². The molecule has 4 N–H and O–H groups in total. The summed E-state index contributed by atoms with van der Waals surface area (Å²) in [5.41, 5.74) is 0.963. The molecule has 57 heavy (non-hydrogen) atoms. The maximum Gasteiger partial charge on any atom is 0.331 e. The summed E-state index contributed by atoms with van der Waals surface area (Å²) in [5.74, 6) is 1.38. The van der Waals surface area contributed by atoms with Crippen molar-refractivity contribution in [1.82, 2.24) is 0 Å². The predicted octanol–water partition coefficient (Wildman–Crippen LogP) is 3.67. The molecule has 0 bridgehead atoms. The third-order valence-corrected chi connectivity index (χ3v) is 16.0. The number of ether oxygens (including phenoxy) is 8. The molecule has 8 rings (SSSR count). The van der Waals surface area contributed by atoms with Gasteiger partial charge >= 0.3 is 11.9 Å². The SMILES string of the molecule is CC(=O)OC1C(O)CC(OC2C(O)CC(OC3C(O)CC(OC4CCC5(C)C(CCC6C5CC(O)C5(C)C(C7=CC(=O)OC7)CCC65)C4)OC3C)OC2C)OC1C. The molecular formula is C43H66O14. The van der Waals surface area contributed by atoms with Crippen LogP contribution in [0.3, 0.4) is 0 Å². The van der Waals surface area contributed by atoms with Crippen molar-refractivity contribution in [2.75, 3.05) is 6.61 Å². The number of hydrogen-bond acceptors (Lipinski definition) is 14. The van der Waals surface area contributed by atoms with Crippen LogP contribution in [0.15, 0.2) is 11.6 Å². The first-order valence-corrected chi connectivity index (χ1v) is 21.7. The highest BCUT2D eigenvalue weighted by atomic mass is 16.7. The maximum absolute atomic E-state index is 11.9. The van der Waals surface area contributed by atoms with Gasteiger partial charge in [-0.3, -0.25) is 4.79 Å². The van der Waals surface area contributed by atoms with E-state index in [9.17, 15) is 30.0 Å². The van der Waals surface area contributed by atoms with E-state index in [4.69, 9.17) is 37.9 Å². The summed E-state index contributed by atoms with van der Waals surface area (Å²) in [6.07, 6.45) is 0.802. The van der Waals surface area contributed by atoms with Crippen LogP contribution in [0.4, 0.5) is 0 Å². The van der Waals surface area contributed by atoms with Gasteiger partial charge in [-0.15, -0.1) is 0 Å². The van der Waals surface area contributed by atoms with E-state index in [1.165, 1.54) is 6.92 Å². The largest absolute Gasteiger partial charge is 0.458 e. The van der Waals surface area contributed by atoms with Crippen LogP contribution in [0.2, 0.25) is 0 Å². The fourth-order valence-electron chi connectivity index (χ4n) is 13.1. The molecular weight excluding hydrogens is 740 g/mol. The Labute approximate surface area is 336 Å². The van der Waals surface area contributed by atoms with Crippen LogP contribution in [0.5, 0.6) is 0 Å². The lowest BCUT2D eigenvalue weighted by Gasteiger charge is -2.62. The summed E-state index contributed by atoms with van der Waals surface area (Å²) in [7, 11) is 0. The fourth-order valence-corrected chi connectivity index (χ4v) is 13.1. The van der Waals surface area contributed by atoms with Crippen LogP contribution >= 0.6 is 0 Å². The minimum absolute atomic E-state index is 0.0161. The van der Waals surface area contributed by atoms with Gasteiger partial charge < -0.3 is 58.3 Å². The van der Waals surface area contributed by atoms with Crippen molar-refractivity contribution in [3.05, 3.63) is 11.6 Å². The third-order valence-electron chi connectivity index (χ3n) is 16.0. The first kappa shape index (κ1) is 42.0. The maximum atomic E-state index is 11.9. The first-order valence-electron chi connectivity index (χ1n) is 21.7. The lowest BCUT2D eigenvalue weighted by molar-refractivity contribution is -0.336. The van der Waals surface area contributed by atoms with E-state index in [1.807, 2.05) is 6.92 Å². The van der Waals surface area contributed by atoms with Gasteiger partial charge in [0.05, 0.1) is 48.8 Å². The average molecular weight is 807 g/mol. The van der Waals surface area contributed by atoms with Gasteiger partial charge in [0.25, 0.3) is 0 Å². The first-order chi connectivity index (χ1) is 27.0. The summed E-state index contributed by atoms with van der Waals surface area (Å²) in [6, 6.07) is 0. The molecule has 14 heteroatoms. The van der Waals surface area contributed by atoms with Crippen molar-refractivity contribution in [1.29, 1.82) is 0 Å². The standard InChI is InChI=1S/C43H66O14/c1-20-39(54-23(4)44)31(45)17-37(52-20)56-41-22(3)53-38(18-33(41)47)57-40-21(2)51-36(16-32(40)46)55-26-11-12-42(5)25(14-26)7-8-27-29-10-9-28(24-13-35(49)50-19-24)43(29,6)34(48)15-30(27)42/h13,20-22,25-34,36-41,45-48H,7-12,14-19H2,1-6H3. The lowest BCUT2D eigenvalue weighted by Crippen LogP contribution is -2.59. The summed E-state index contributed by atoms with van der Waals surface area (Å²) in [6.45, 7) is 11.7. The van der Waals surface area contributed by atoms with E-state index in [1.54, 1.807) is 19.9 Å². The number of aliphatic hydroxyl groups excluding tert-OH is 4. The van der Waals surface area contributed by atoms with Gasteiger partial charge in [0.2, 0.25) is 0 Å². The number of carbonyl (C=O) groups excluding carboxylic acids is 2. The topological polar surface area (TPSA) is 189 Å². The second-order valence-corrected chi connectivity index (χ2v) is 19.3. The Bertz CT molecular complexity index is 1470. The molecule has 322 valence electrons. The van der Waals surface area contributed by atoms with Gasteiger partial charge in [-0.05, 0) is 113 Å². The molecule has 4 saturated carbocycles. The normalized spacial score (nSPS) is 52.6. The molecule has 7 fully saturated rings. The van der Waals surface area contributed by atoms with Crippen LogP contribution in [-0.4, -0.2) is 125 Å². The van der Waals surface area contributed by atoms with E-state index in [0.29, 0.717) is 30.3 Å². The summed E-state index contributed by atoms with van der Waals surface area (Å²) in [5, 5.41) is 44.9. The zero-order valence-electron chi connectivity index (χ0n) is 34.4. The number of cyclic esters (lactones) is 1. The number of carbonyl (C=O) groups is 2. The van der Waals surface area contributed by atoms with Gasteiger partial charge in [0.15, 0.2) is 25.0 Å². The third kappa shape index (κ3) is 7.87. The molecule has 0 aromatic heterocycles. The molecule has 4 aliphatic heterocycles. The van der Waals surface area contributed by atoms with E-state index < -0.39 is 85.9 Å². The molecule has 0 aromatic rings. The number of fused-ring (bicyclic) bond motifs is 5. The Hall–Kier alpha value is -1.72. The molecule has 8 aliphatic rings. The second kappa shape index (κ2) is 16.3. The zero-order valence-corrected chi connectivity index (χ0v) is 34.4. The van der Waals surface area contributed by atoms with Crippen LogP contribution in [0, 0.1) is 40.4 Å². The number of esters is 2. The van der Waals surface area contributed by atoms with Crippen LogP contribution in [0.1, 0.15) is 112 Å². The molecule has 3 saturated heterocycles. The van der Waals surface area contributed by atoms with Gasteiger partial charge in [0, 0.05) is 37.7 Å². The molecule has 4 aliphatic carbocycles. The zero-order chi connectivity index (χ0) is 40.6. The van der Waals surface area contributed by atoms with Gasteiger partial charge in [-0.1, -0.05) is 13.8 Å². The summed E-state index contributed by atoms with van der Waals surface area (Å²) >= 11 is 0. The van der Waals surface area contributed by atoms with Crippen molar-refractivity contribution in [3.63, 3.8) is 0 Å². The summed E-state index contributed by atoms with van der Waals surface area (Å²) in [4.78, 5) is 23.4. The monoisotopic (exact) mass is 806 g/mol. The smallest absolute Gasteiger partial charge is 0.331 e. The molecule has 0 aromatic carbocycles. The van der Waals surface area contributed by atoms with Crippen molar-refractivity contribution in [3.8, 4) is 0 Å².